The molecular weight excluding hydrogens is 256 g/mol. The van der Waals surface area contributed by atoms with Gasteiger partial charge in [-0.15, -0.1) is 0 Å². The predicted octanol–water partition coefficient (Wildman–Crippen LogP) is 1.42. The Morgan fingerprint density at radius 3 is 2.26 bits per heavy atom. The van der Waals surface area contributed by atoms with E-state index in [0.717, 1.165) is 18.2 Å². The zero-order chi connectivity index (χ0) is 14.0. The highest BCUT2D eigenvalue weighted by molar-refractivity contribution is 5.76. The molecule has 1 aromatic carbocycles. The first-order chi connectivity index (χ1) is 8.95. The van der Waals surface area contributed by atoms with Gasteiger partial charge in [-0.25, -0.2) is 8.78 Å². The number of hydrogen-bond acceptors (Lipinski definition) is 3. The van der Waals surface area contributed by atoms with Crippen molar-refractivity contribution in [3.8, 4) is 0 Å². The third kappa shape index (κ3) is 2.59. The molecule has 0 aliphatic carbocycles. The Morgan fingerprint density at radius 1 is 1.26 bits per heavy atom. The maximum absolute atomic E-state index is 13.4. The second-order valence-electron chi connectivity index (χ2n) is 4.74. The van der Waals surface area contributed by atoms with Crippen LogP contribution in [-0.2, 0) is 14.9 Å². The molecule has 0 saturated carbocycles. The Labute approximate surface area is 109 Å². The van der Waals surface area contributed by atoms with Gasteiger partial charge in [-0.3, -0.25) is 4.79 Å². The molecule has 0 amide bonds. The molecule has 1 aliphatic heterocycles. The van der Waals surface area contributed by atoms with Crippen molar-refractivity contribution in [2.45, 2.75) is 24.3 Å². The van der Waals surface area contributed by atoms with Gasteiger partial charge in [-0.2, -0.15) is 0 Å². The fourth-order valence-corrected chi connectivity index (χ4v) is 2.59. The van der Waals surface area contributed by atoms with Crippen LogP contribution >= 0.6 is 0 Å². The molecule has 0 bridgehead atoms. The summed E-state index contributed by atoms with van der Waals surface area (Å²) in [6.07, 6.45) is 0.646. The van der Waals surface area contributed by atoms with Crippen molar-refractivity contribution >= 4 is 5.97 Å². The minimum atomic E-state index is -1.22. The number of hydrogen-bond donors (Lipinski definition) is 2. The molecule has 104 valence electrons. The van der Waals surface area contributed by atoms with Crippen LogP contribution in [-0.4, -0.2) is 30.3 Å². The molecular formula is C13H15F2NO3. The lowest BCUT2D eigenvalue weighted by Crippen LogP contribution is -2.53. The van der Waals surface area contributed by atoms with E-state index in [1.54, 1.807) is 0 Å². The maximum Gasteiger partial charge on any atom is 0.321 e. The molecule has 1 atom stereocenters. The minimum absolute atomic E-state index is 0.281. The fraction of sp³-hybridized carbons (Fsp3) is 0.462. The van der Waals surface area contributed by atoms with Crippen LogP contribution < -0.4 is 5.73 Å². The highest BCUT2D eigenvalue weighted by Crippen LogP contribution is 2.38. The largest absolute Gasteiger partial charge is 0.480 e. The first-order valence-electron chi connectivity index (χ1n) is 5.98. The van der Waals surface area contributed by atoms with Crippen LogP contribution in [0.5, 0.6) is 0 Å². The van der Waals surface area contributed by atoms with E-state index in [9.17, 15) is 13.6 Å². The van der Waals surface area contributed by atoms with Gasteiger partial charge in [0, 0.05) is 24.7 Å². The second kappa shape index (κ2) is 5.22. The summed E-state index contributed by atoms with van der Waals surface area (Å²) >= 11 is 0. The molecule has 1 aromatic rings. The van der Waals surface area contributed by atoms with Gasteiger partial charge < -0.3 is 15.6 Å². The summed E-state index contributed by atoms with van der Waals surface area (Å²) in [6, 6.07) is 1.83. The standard InChI is InChI=1S/C13H15F2NO3/c14-9-5-8(6-10(15)7-9)13(11(16)12(17)18)1-3-19-4-2-13/h5-7,11H,1-4,16H2,(H,17,18)/t11-/m1/s1. The molecule has 1 aliphatic rings. The van der Waals surface area contributed by atoms with Crippen LogP contribution in [0.15, 0.2) is 18.2 Å². The monoisotopic (exact) mass is 271 g/mol. The molecule has 0 aromatic heterocycles. The van der Waals surface area contributed by atoms with Crippen LogP contribution in [0.4, 0.5) is 8.78 Å². The number of carboxylic acid groups (broad SMARTS) is 1. The van der Waals surface area contributed by atoms with E-state index in [0.29, 0.717) is 26.1 Å². The Balaban J connectivity index is 2.50. The van der Waals surface area contributed by atoms with Crippen molar-refractivity contribution in [3.63, 3.8) is 0 Å². The SMILES string of the molecule is N[C@H](C(=O)O)C1(c2cc(F)cc(F)c2)CCOCC1. The van der Waals surface area contributed by atoms with Crippen molar-refractivity contribution in [1.29, 1.82) is 0 Å². The number of halogens is 2. The molecule has 6 heteroatoms. The van der Waals surface area contributed by atoms with Gasteiger partial charge in [-0.1, -0.05) is 0 Å². The summed E-state index contributed by atoms with van der Waals surface area (Å²) in [4.78, 5) is 11.2. The smallest absolute Gasteiger partial charge is 0.321 e. The van der Waals surface area contributed by atoms with Crippen molar-refractivity contribution < 1.29 is 23.4 Å². The van der Waals surface area contributed by atoms with E-state index in [2.05, 4.69) is 0 Å². The lowest BCUT2D eigenvalue weighted by atomic mass is 9.69. The van der Waals surface area contributed by atoms with Crippen LogP contribution in [0.25, 0.3) is 0 Å². The van der Waals surface area contributed by atoms with E-state index in [4.69, 9.17) is 15.6 Å². The van der Waals surface area contributed by atoms with Gasteiger partial charge in [0.05, 0.1) is 0 Å². The second-order valence-corrected chi connectivity index (χ2v) is 4.74. The predicted molar refractivity (Wildman–Crippen MR) is 63.7 cm³/mol. The molecule has 2 rings (SSSR count). The summed E-state index contributed by atoms with van der Waals surface area (Å²) in [5.74, 6) is -2.66. The lowest BCUT2D eigenvalue weighted by molar-refractivity contribution is -0.141. The van der Waals surface area contributed by atoms with Gasteiger partial charge in [0.2, 0.25) is 0 Å². The van der Waals surface area contributed by atoms with E-state index < -0.39 is 29.1 Å². The molecule has 4 nitrogen and oxygen atoms in total. The van der Waals surface area contributed by atoms with Gasteiger partial charge in [0.25, 0.3) is 0 Å². The molecule has 3 N–H and O–H groups in total. The summed E-state index contributed by atoms with van der Waals surface area (Å²) in [5, 5.41) is 9.15. The number of carboxylic acids is 1. The highest BCUT2D eigenvalue weighted by Gasteiger charge is 2.44. The minimum Gasteiger partial charge on any atom is -0.480 e. The molecule has 1 saturated heterocycles. The number of carbonyl (C=O) groups is 1. The molecule has 19 heavy (non-hydrogen) atoms. The summed E-state index contributed by atoms with van der Waals surface area (Å²) < 4.78 is 31.9. The Kier molecular flexibility index (Phi) is 3.82. The normalized spacial score (nSPS) is 19.9. The molecule has 0 radical (unpaired) electrons. The summed E-state index contributed by atoms with van der Waals surface area (Å²) in [5.41, 5.74) is 5.05. The number of nitrogens with two attached hydrogens (primary N) is 1. The van der Waals surface area contributed by atoms with Gasteiger partial charge in [-0.05, 0) is 30.5 Å². The summed E-state index contributed by atoms with van der Waals surface area (Å²) in [7, 11) is 0. The van der Waals surface area contributed by atoms with E-state index in [1.807, 2.05) is 0 Å². The van der Waals surface area contributed by atoms with E-state index >= 15 is 0 Å². The Morgan fingerprint density at radius 2 is 1.79 bits per heavy atom. The van der Waals surface area contributed by atoms with Crippen LogP contribution in [0.3, 0.4) is 0 Å². The van der Waals surface area contributed by atoms with E-state index in [-0.39, 0.29) is 5.56 Å². The number of benzene rings is 1. The molecule has 0 unspecified atom stereocenters. The molecule has 1 fully saturated rings. The van der Waals surface area contributed by atoms with Crippen molar-refractivity contribution in [2.24, 2.45) is 5.73 Å². The average molecular weight is 271 g/mol. The van der Waals surface area contributed by atoms with E-state index in [1.165, 1.54) is 0 Å². The van der Waals surface area contributed by atoms with Gasteiger partial charge >= 0.3 is 5.97 Å². The number of rotatable bonds is 3. The quantitative estimate of drug-likeness (QED) is 0.872. The van der Waals surface area contributed by atoms with Crippen LogP contribution in [0, 0.1) is 11.6 Å². The molecule has 0 spiro atoms. The topological polar surface area (TPSA) is 72.6 Å². The van der Waals surface area contributed by atoms with Crippen molar-refractivity contribution in [1.82, 2.24) is 0 Å². The maximum atomic E-state index is 13.4. The van der Waals surface area contributed by atoms with Crippen molar-refractivity contribution in [2.75, 3.05) is 13.2 Å². The van der Waals surface area contributed by atoms with Crippen LogP contribution in [0.2, 0.25) is 0 Å². The third-order valence-electron chi connectivity index (χ3n) is 3.68. The van der Waals surface area contributed by atoms with Crippen molar-refractivity contribution in [3.05, 3.63) is 35.4 Å². The Hall–Kier alpha value is -1.53. The lowest BCUT2D eigenvalue weighted by Gasteiger charge is -2.40. The Bertz CT molecular complexity index is 467. The zero-order valence-electron chi connectivity index (χ0n) is 10.2. The molecule has 1 heterocycles. The number of ether oxygens (including phenoxy) is 1. The fourth-order valence-electron chi connectivity index (χ4n) is 2.59. The zero-order valence-corrected chi connectivity index (χ0v) is 10.2. The first-order valence-corrected chi connectivity index (χ1v) is 5.98. The van der Waals surface area contributed by atoms with Gasteiger partial charge in [0.1, 0.15) is 17.7 Å². The summed E-state index contributed by atoms with van der Waals surface area (Å²) in [6.45, 7) is 0.637. The third-order valence-corrected chi connectivity index (χ3v) is 3.68. The first kappa shape index (κ1) is 13.9. The van der Waals surface area contributed by atoms with Gasteiger partial charge in [0.15, 0.2) is 0 Å². The highest BCUT2D eigenvalue weighted by atomic mass is 19.1. The van der Waals surface area contributed by atoms with Crippen LogP contribution in [0.1, 0.15) is 18.4 Å². The average Bonchev–Trinajstić information content (AvgIpc) is 2.37. The number of aliphatic carboxylic acids is 1.